The highest BCUT2D eigenvalue weighted by Crippen LogP contribution is 2.22. The molecule has 0 aliphatic carbocycles. The molecule has 0 spiro atoms. The Bertz CT molecular complexity index is 659. The van der Waals surface area contributed by atoms with Crippen LogP contribution in [-0.2, 0) is 6.61 Å². The van der Waals surface area contributed by atoms with Gasteiger partial charge in [-0.1, -0.05) is 23.4 Å². The van der Waals surface area contributed by atoms with Crippen LogP contribution in [0.2, 0.25) is 0 Å². The maximum absolute atomic E-state index is 13.5. The van der Waals surface area contributed by atoms with E-state index in [9.17, 15) is 4.39 Å². The van der Waals surface area contributed by atoms with E-state index in [1.807, 2.05) is 0 Å². The SMILES string of the molecule is COc1ccc(COc2ccccc2F)cc1C(N)=NO. The first-order valence-electron chi connectivity index (χ1n) is 6.18. The molecule has 0 bridgehead atoms. The minimum atomic E-state index is -0.428. The van der Waals surface area contributed by atoms with Crippen LogP contribution >= 0.6 is 0 Å². The minimum absolute atomic E-state index is 0.0698. The van der Waals surface area contributed by atoms with Crippen molar-refractivity contribution in [1.82, 2.24) is 0 Å². The molecule has 21 heavy (non-hydrogen) atoms. The molecule has 5 nitrogen and oxygen atoms in total. The third-order valence-corrected chi connectivity index (χ3v) is 2.88. The molecule has 0 unspecified atom stereocenters. The highest BCUT2D eigenvalue weighted by atomic mass is 19.1. The number of nitrogens with zero attached hydrogens (tertiary/aromatic N) is 1. The van der Waals surface area contributed by atoms with Crippen LogP contribution in [0.15, 0.2) is 47.6 Å². The molecule has 110 valence electrons. The lowest BCUT2D eigenvalue weighted by Gasteiger charge is -2.11. The minimum Gasteiger partial charge on any atom is -0.496 e. The molecular formula is C15H15FN2O3. The van der Waals surface area contributed by atoms with Gasteiger partial charge in [0.05, 0.1) is 12.7 Å². The molecule has 2 aromatic rings. The average Bonchev–Trinajstić information content (AvgIpc) is 2.53. The molecule has 2 rings (SSSR count). The van der Waals surface area contributed by atoms with Gasteiger partial charge in [0.2, 0.25) is 0 Å². The van der Waals surface area contributed by atoms with Crippen LogP contribution in [0.25, 0.3) is 0 Å². The Balaban J connectivity index is 2.20. The van der Waals surface area contributed by atoms with Crippen LogP contribution in [0.5, 0.6) is 11.5 Å². The van der Waals surface area contributed by atoms with Crippen LogP contribution in [0.1, 0.15) is 11.1 Å². The molecule has 0 saturated carbocycles. The fourth-order valence-electron chi connectivity index (χ4n) is 1.82. The van der Waals surface area contributed by atoms with Crippen LogP contribution in [0.3, 0.4) is 0 Å². The van der Waals surface area contributed by atoms with Crippen LogP contribution in [0.4, 0.5) is 4.39 Å². The zero-order valence-corrected chi connectivity index (χ0v) is 11.4. The summed E-state index contributed by atoms with van der Waals surface area (Å²) in [6.45, 7) is 0.149. The third kappa shape index (κ3) is 3.42. The number of ether oxygens (including phenoxy) is 2. The Kier molecular flexibility index (Phi) is 4.61. The van der Waals surface area contributed by atoms with E-state index in [4.69, 9.17) is 20.4 Å². The Morgan fingerprint density at radius 3 is 2.67 bits per heavy atom. The van der Waals surface area contributed by atoms with Gasteiger partial charge in [-0.05, 0) is 29.8 Å². The molecule has 0 radical (unpaired) electrons. The lowest BCUT2D eigenvalue weighted by Crippen LogP contribution is -2.15. The van der Waals surface area contributed by atoms with Crippen molar-refractivity contribution in [2.24, 2.45) is 10.9 Å². The second-order valence-corrected chi connectivity index (χ2v) is 4.24. The number of hydrogen-bond donors (Lipinski definition) is 2. The zero-order chi connectivity index (χ0) is 15.2. The molecule has 0 amide bonds. The summed E-state index contributed by atoms with van der Waals surface area (Å²) >= 11 is 0. The fraction of sp³-hybridized carbons (Fsp3) is 0.133. The zero-order valence-electron chi connectivity index (χ0n) is 11.4. The van der Waals surface area contributed by atoms with Crippen molar-refractivity contribution in [3.05, 3.63) is 59.4 Å². The molecule has 0 aliphatic heterocycles. The van der Waals surface area contributed by atoms with Gasteiger partial charge in [-0.25, -0.2) is 4.39 Å². The van der Waals surface area contributed by atoms with E-state index < -0.39 is 5.82 Å². The van der Waals surface area contributed by atoms with Crippen molar-refractivity contribution in [3.63, 3.8) is 0 Å². The van der Waals surface area contributed by atoms with Crippen molar-refractivity contribution in [2.45, 2.75) is 6.61 Å². The van der Waals surface area contributed by atoms with Gasteiger partial charge in [0.15, 0.2) is 17.4 Å². The van der Waals surface area contributed by atoms with Gasteiger partial charge >= 0.3 is 0 Å². The normalized spacial score (nSPS) is 11.2. The van der Waals surface area contributed by atoms with Gasteiger partial charge in [0, 0.05) is 0 Å². The van der Waals surface area contributed by atoms with Crippen molar-refractivity contribution >= 4 is 5.84 Å². The summed E-state index contributed by atoms with van der Waals surface area (Å²) in [5, 5.41) is 11.7. The Morgan fingerprint density at radius 2 is 2.00 bits per heavy atom. The molecular weight excluding hydrogens is 275 g/mol. The van der Waals surface area contributed by atoms with Crippen LogP contribution in [-0.4, -0.2) is 18.2 Å². The molecule has 3 N–H and O–H groups in total. The predicted molar refractivity (Wildman–Crippen MR) is 76.2 cm³/mol. The summed E-state index contributed by atoms with van der Waals surface area (Å²) in [4.78, 5) is 0. The van der Waals surface area contributed by atoms with Gasteiger partial charge in [0.25, 0.3) is 0 Å². The van der Waals surface area contributed by atoms with Gasteiger partial charge in [0.1, 0.15) is 12.4 Å². The third-order valence-electron chi connectivity index (χ3n) is 2.88. The molecule has 0 atom stereocenters. The van der Waals surface area contributed by atoms with E-state index >= 15 is 0 Å². The number of oxime groups is 1. The average molecular weight is 290 g/mol. The monoisotopic (exact) mass is 290 g/mol. The van der Waals surface area contributed by atoms with E-state index in [-0.39, 0.29) is 18.2 Å². The van der Waals surface area contributed by atoms with Crippen molar-refractivity contribution < 1.29 is 19.1 Å². The van der Waals surface area contributed by atoms with Crippen LogP contribution in [0, 0.1) is 5.82 Å². The number of para-hydroxylation sites is 1. The maximum Gasteiger partial charge on any atom is 0.173 e. The lowest BCUT2D eigenvalue weighted by molar-refractivity contribution is 0.290. The molecule has 0 aliphatic rings. The molecule has 0 saturated heterocycles. The van der Waals surface area contributed by atoms with E-state index in [0.29, 0.717) is 11.3 Å². The molecule has 6 heteroatoms. The maximum atomic E-state index is 13.5. The first-order chi connectivity index (χ1) is 10.2. The number of nitrogens with two attached hydrogens (primary N) is 1. The van der Waals surface area contributed by atoms with Gasteiger partial charge in [-0.15, -0.1) is 0 Å². The van der Waals surface area contributed by atoms with Crippen molar-refractivity contribution in [2.75, 3.05) is 7.11 Å². The molecule has 0 fully saturated rings. The summed E-state index contributed by atoms with van der Waals surface area (Å²) < 4.78 is 24.0. The quantitative estimate of drug-likeness (QED) is 0.384. The second-order valence-electron chi connectivity index (χ2n) is 4.24. The summed E-state index contributed by atoms with van der Waals surface area (Å²) in [5.41, 5.74) is 6.77. The number of amidine groups is 1. The predicted octanol–water partition coefficient (Wildman–Crippen LogP) is 2.51. The summed E-state index contributed by atoms with van der Waals surface area (Å²) in [7, 11) is 1.49. The fourth-order valence-corrected chi connectivity index (χ4v) is 1.82. The number of rotatable bonds is 5. The van der Waals surface area contributed by atoms with E-state index in [1.54, 1.807) is 36.4 Å². The number of hydrogen-bond acceptors (Lipinski definition) is 4. The van der Waals surface area contributed by atoms with Crippen molar-refractivity contribution in [1.29, 1.82) is 0 Å². The van der Waals surface area contributed by atoms with Gasteiger partial charge < -0.3 is 20.4 Å². The highest BCUT2D eigenvalue weighted by Gasteiger charge is 2.10. The summed E-state index contributed by atoms with van der Waals surface area (Å²) in [5.74, 6) is 0.140. The molecule has 0 heterocycles. The Hall–Kier alpha value is -2.76. The van der Waals surface area contributed by atoms with E-state index in [0.717, 1.165) is 5.56 Å². The summed E-state index contributed by atoms with van der Waals surface area (Å²) in [6, 6.07) is 11.2. The molecule has 0 aromatic heterocycles. The topological polar surface area (TPSA) is 77.1 Å². The van der Waals surface area contributed by atoms with Gasteiger partial charge in [-0.3, -0.25) is 0 Å². The molecule has 2 aromatic carbocycles. The standard InChI is InChI=1S/C15H15FN2O3/c1-20-13-7-6-10(8-11(13)15(17)18-19)9-21-14-5-3-2-4-12(14)16/h2-8,19H,9H2,1H3,(H2,17,18). The first kappa shape index (κ1) is 14.6. The second kappa shape index (κ2) is 6.60. The van der Waals surface area contributed by atoms with Gasteiger partial charge in [-0.2, -0.15) is 0 Å². The smallest absolute Gasteiger partial charge is 0.173 e. The largest absolute Gasteiger partial charge is 0.496 e. The van der Waals surface area contributed by atoms with Crippen LogP contribution < -0.4 is 15.2 Å². The number of methoxy groups -OCH3 is 1. The first-order valence-corrected chi connectivity index (χ1v) is 6.18. The number of benzene rings is 2. The van der Waals surface area contributed by atoms with Crippen molar-refractivity contribution in [3.8, 4) is 11.5 Å². The van der Waals surface area contributed by atoms with E-state index in [2.05, 4.69) is 5.16 Å². The number of halogens is 1. The lowest BCUT2D eigenvalue weighted by atomic mass is 10.1. The Labute approximate surface area is 121 Å². The Morgan fingerprint density at radius 1 is 1.24 bits per heavy atom. The summed E-state index contributed by atoms with van der Waals surface area (Å²) in [6.07, 6.45) is 0. The highest BCUT2D eigenvalue weighted by molar-refractivity contribution is 5.99. The van der Waals surface area contributed by atoms with E-state index in [1.165, 1.54) is 13.2 Å².